The van der Waals surface area contributed by atoms with Crippen LogP contribution in [0, 0.1) is 10.1 Å². The summed E-state index contributed by atoms with van der Waals surface area (Å²) in [6.07, 6.45) is 0. The Bertz CT molecular complexity index is 1030. The van der Waals surface area contributed by atoms with Crippen molar-refractivity contribution < 1.29 is 13.3 Å². The fraction of sp³-hybridized carbons (Fsp3) is 0.118. The molecule has 132 valence electrons. The summed E-state index contributed by atoms with van der Waals surface area (Å²) in [6.45, 7) is 0. The number of non-ortho nitro benzene ring substituents is 1. The molecule has 4 rings (SSSR count). The van der Waals surface area contributed by atoms with Crippen LogP contribution in [0.15, 0.2) is 65.0 Å². The smallest absolute Gasteiger partial charge is 0.269 e. The number of fused-ring (bicyclic) bond motifs is 1. The summed E-state index contributed by atoms with van der Waals surface area (Å²) in [5.74, 6) is -0.179. The Hall–Kier alpha value is -2.65. The molecule has 0 bridgehead atoms. The first-order valence-corrected chi connectivity index (χ1v) is 10.3. The first-order chi connectivity index (χ1) is 12.5. The third-order valence-electron chi connectivity index (χ3n) is 4.13. The summed E-state index contributed by atoms with van der Waals surface area (Å²) in [7, 11) is -3.59. The molecule has 0 N–H and O–H groups in total. The SMILES string of the molecule is O=[N+]([O-])c1ccc(C2N=C3SC=C(c4ccccc4)N3CS2(=O)=O)cc1. The van der Waals surface area contributed by atoms with Gasteiger partial charge >= 0.3 is 0 Å². The van der Waals surface area contributed by atoms with Crippen LogP contribution in [-0.2, 0) is 9.84 Å². The van der Waals surface area contributed by atoms with Gasteiger partial charge in [0.05, 0.1) is 10.6 Å². The second-order valence-electron chi connectivity index (χ2n) is 5.82. The molecule has 0 aliphatic carbocycles. The largest absolute Gasteiger partial charge is 0.305 e. The summed E-state index contributed by atoms with van der Waals surface area (Å²) in [6, 6.07) is 15.0. The fourth-order valence-corrected chi connectivity index (χ4v) is 5.55. The maximum atomic E-state index is 12.8. The van der Waals surface area contributed by atoms with E-state index >= 15 is 0 Å². The van der Waals surface area contributed by atoms with E-state index in [0.29, 0.717) is 10.7 Å². The lowest BCUT2D eigenvalue weighted by molar-refractivity contribution is -0.384. The van der Waals surface area contributed by atoms with E-state index in [0.717, 1.165) is 11.3 Å². The number of nitro benzene ring substituents is 1. The molecule has 0 fully saturated rings. The number of nitrogens with zero attached hydrogens (tertiary/aromatic N) is 3. The molecule has 26 heavy (non-hydrogen) atoms. The quantitative estimate of drug-likeness (QED) is 0.592. The van der Waals surface area contributed by atoms with E-state index in [1.165, 1.54) is 36.0 Å². The van der Waals surface area contributed by atoms with Gasteiger partial charge in [-0.2, -0.15) is 0 Å². The number of sulfone groups is 1. The second kappa shape index (κ2) is 6.26. The van der Waals surface area contributed by atoms with Crippen LogP contribution >= 0.6 is 11.8 Å². The van der Waals surface area contributed by atoms with Crippen molar-refractivity contribution in [3.05, 3.63) is 81.2 Å². The van der Waals surface area contributed by atoms with Crippen LogP contribution in [0.4, 0.5) is 5.69 Å². The monoisotopic (exact) mass is 387 g/mol. The van der Waals surface area contributed by atoms with Crippen molar-refractivity contribution in [3.8, 4) is 0 Å². The van der Waals surface area contributed by atoms with Crippen molar-refractivity contribution in [1.29, 1.82) is 0 Å². The molecule has 2 aliphatic heterocycles. The Morgan fingerprint density at radius 1 is 1.12 bits per heavy atom. The van der Waals surface area contributed by atoms with E-state index in [1.807, 2.05) is 35.7 Å². The minimum atomic E-state index is -3.59. The van der Waals surface area contributed by atoms with Crippen molar-refractivity contribution in [2.45, 2.75) is 5.37 Å². The predicted octanol–water partition coefficient (Wildman–Crippen LogP) is 3.38. The van der Waals surface area contributed by atoms with E-state index in [2.05, 4.69) is 4.99 Å². The highest BCUT2D eigenvalue weighted by Gasteiger charge is 2.39. The van der Waals surface area contributed by atoms with Gasteiger partial charge in [-0.15, -0.1) is 0 Å². The van der Waals surface area contributed by atoms with Crippen molar-refractivity contribution in [2.24, 2.45) is 4.99 Å². The van der Waals surface area contributed by atoms with E-state index in [-0.39, 0.29) is 11.6 Å². The summed E-state index contributed by atoms with van der Waals surface area (Å²) >= 11 is 1.38. The highest BCUT2D eigenvalue weighted by molar-refractivity contribution is 8.17. The van der Waals surface area contributed by atoms with Gasteiger partial charge in [0.25, 0.3) is 5.69 Å². The first-order valence-electron chi connectivity index (χ1n) is 7.69. The number of nitro groups is 1. The number of benzene rings is 2. The molecule has 0 radical (unpaired) electrons. The molecule has 0 amide bonds. The van der Waals surface area contributed by atoms with Crippen molar-refractivity contribution in [2.75, 3.05) is 5.88 Å². The number of rotatable bonds is 3. The van der Waals surface area contributed by atoms with Gasteiger partial charge in [0, 0.05) is 17.5 Å². The Labute approximate surface area is 154 Å². The molecule has 2 aromatic rings. The van der Waals surface area contributed by atoms with Crippen molar-refractivity contribution in [3.63, 3.8) is 0 Å². The highest BCUT2D eigenvalue weighted by atomic mass is 32.2. The number of hydrogen-bond donors (Lipinski definition) is 0. The zero-order valence-electron chi connectivity index (χ0n) is 13.3. The summed E-state index contributed by atoms with van der Waals surface area (Å²) in [4.78, 5) is 16.4. The minimum Gasteiger partial charge on any atom is -0.305 e. The van der Waals surface area contributed by atoms with Gasteiger partial charge in [-0.1, -0.05) is 42.1 Å². The molecular weight excluding hydrogens is 374 g/mol. The van der Waals surface area contributed by atoms with Crippen LogP contribution in [0.2, 0.25) is 0 Å². The zero-order chi connectivity index (χ0) is 18.3. The third-order valence-corrected chi connectivity index (χ3v) is 6.69. The maximum absolute atomic E-state index is 12.8. The average molecular weight is 387 g/mol. The third kappa shape index (κ3) is 2.89. The van der Waals surface area contributed by atoms with Gasteiger partial charge in [0.1, 0.15) is 5.88 Å². The van der Waals surface area contributed by atoms with Gasteiger partial charge in [-0.3, -0.25) is 10.1 Å². The van der Waals surface area contributed by atoms with E-state index in [1.54, 1.807) is 4.90 Å². The van der Waals surface area contributed by atoms with Gasteiger partial charge in [-0.05, 0) is 23.3 Å². The number of hydrogen-bond acceptors (Lipinski definition) is 7. The molecule has 1 unspecified atom stereocenters. The first kappa shape index (κ1) is 16.8. The predicted molar refractivity (Wildman–Crippen MR) is 101 cm³/mol. The van der Waals surface area contributed by atoms with E-state index in [9.17, 15) is 18.5 Å². The molecule has 0 aromatic heterocycles. The molecule has 9 heteroatoms. The van der Waals surface area contributed by atoms with Crippen LogP contribution in [0.1, 0.15) is 16.5 Å². The Balaban J connectivity index is 1.69. The second-order valence-corrected chi connectivity index (χ2v) is 8.69. The zero-order valence-corrected chi connectivity index (χ0v) is 15.0. The molecule has 0 spiro atoms. The fourth-order valence-electron chi connectivity index (χ4n) is 2.87. The van der Waals surface area contributed by atoms with Gasteiger partial charge < -0.3 is 4.90 Å². The van der Waals surface area contributed by atoms with Crippen LogP contribution in [0.5, 0.6) is 0 Å². The number of thioether (sulfide) groups is 1. The minimum absolute atomic E-state index is 0.0838. The van der Waals surface area contributed by atoms with Crippen LogP contribution < -0.4 is 0 Å². The van der Waals surface area contributed by atoms with Crippen LogP contribution in [0.3, 0.4) is 0 Å². The molecule has 0 saturated heterocycles. The average Bonchev–Trinajstić information content (AvgIpc) is 3.03. The maximum Gasteiger partial charge on any atom is 0.269 e. The lowest BCUT2D eigenvalue weighted by Gasteiger charge is -2.29. The number of amidine groups is 1. The lowest BCUT2D eigenvalue weighted by Crippen LogP contribution is -2.37. The van der Waals surface area contributed by atoms with E-state index in [4.69, 9.17) is 0 Å². The van der Waals surface area contributed by atoms with Crippen LogP contribution in [0.25, 0.3) is 5.70 Å². The van der Waals surface area contributed by atoms with Gasteiger partial charge in [-0.25, -0.2) is 13.4 Å². The molecule has 1 atom stereocenters. The Morgan fingerprint density at radius 2 is 1.81 bits per heavy atom. The lowest BCUT2D eigenvalue weighted by atomic mass is 10.1. The topological polar surface area (TPSA) is 92.9 Å². The molecule has 2 aliphatic rings. The van der Waals surface area contributed by atoms with Gasteiger partial charge in [0.15, 0.2) is 20.4 Å². The van der Waals surface area contributed by atoms with Crippen molar-refractivity contribution in [1.82, 2.24) is 4.90 Å². The molecule has 0 saturated carbocycles. The van der Waals surface area contributed by atoms with Crippen LogP contribution in [-0.4, -0.2) is 29.3 Å². The summed E-state index contributed by atoms with van der Waals surface area (Å²) in [5, 5.41) is 12.2. The summed E-state index contributed by atoms with van der Waals surface area (Å²) in [5.41, 5.74) is 2.07. The Kier molecular flexibility index (Phi) is 4.04. The van der Waals surface area contributed by atoms with Gasteiger partial charge in [0.2, 0.25) is 0 Å². The number of aliphatic imine (C=N–C) groups is 1. The molecule has 2 aromatic carbocycles. The molecule has 2 heterocycles. The normalized spacial score (nSPS) is 20.9. The summed E-state index contributed by atoms with van der Waals surface area (Å²) < 4.78 is 25.6. The standard InChI is InChI=1S/C17H13N3O4S2/c21-20(22)14-8-6-13(7-9-14)16-18-17-19(11-26(16,23)24)15(10-25-17)12-4-2-1-3-5-12/h1-10,16H,11H2. The highest BCUT2D eigenvalue weighted by Crippen LogP contribution is 2.40. The van der Waals surface area contributed by atoms with Crippen molar-refractivity contribution >= 4 is 38.2 Å². The molecule has 7 nitrogen and oxygen atoms in total. The Morgan fingerprint density at radius 3 is 2.46 bits per heavy atom. The molecular formula is C17H13N3O4S2. The van der Waals surface area contributed by atoms with E-state index < -0.39 is 20.1 Å².